The van der Waals surface area contributed by atoms with Crippen LogP contribution in [0.25, 0.3) is 0 Å². The van der Waals surface area contributed by atoms with Crippen molar-refractivity contribution in [1.82, 2.24) is 0 Å². The lowest BCUT2D eigenvalue weighted by molar-refractivity contribution is -0.113. The van der Waals surface area contributed by atoms with E-state index in [1.165, 1.54) is 6.42 Å². The number of rotatable bonds is 3. The van der Waals surface area contributed by atoms with Crippen LogP contribution in [-0.2, 0) is 4.79 Å². The molecule has 0 saturated heterocycles. The molecule has 1 saturated carbocycles. The second kappa shape index (κ2) is 5.00. The SMILES string of the molecule is CCC(=O)/C(=N/O)C1CCCCC1. The second-order valence-corrected chi connectivity index (χ2v) is 3.60. The Kier molecular flexibility index (Phi) is 3.93. The van der Waals surface area contributed by atoms with Gasteiger partial charge in [0.25, 0.3) is 0 Å². The lowest BCUT2D eigenvalue weighted by Gasteiger charge is -2.21. The molecule has 13 heavy (non-hydrogen) atoms. The molecule has 0 spiro atoms. The van der Waals surface area contributed by atoms with E-state index in [-0.39, 0.29) is 11.7 Å². The molecule has 74 valence electrons. The second-order valence-electron chi connectivity index (χ2n) is 3.60. The van der Waals surface area contributed by atoms with Crippen LogP contribution in [0.1, 0.15) is 45.4 Å². The average Bonchev–Trinajstić information content (AvgIpc) is 2.20. The fraction of sp³-hybridized carbons (Fsp3) is 0.800. The van der Waals surface area contributed by atoms with Gasteiger partial charge in [0.2, 0.25) is 0 Å². The largest absolute Gasteiger partial charge is 0.411 e. The molecule has 0 aliphatic heterocycles. The fourth-order valence-corrected chi connectivity index (χ4v) is 1.92. The van der Waals surface area contributed by atoms with E-state index >= 15 is 0 Å². The Balaban J connectivity index is 2.60. The van der Waals surface area contributed by atoms with Gasteiger partial charge in [-0.2, -0.15) is 0 Å². The van der Waals surface area contributed by atoms with Crippen LogP contribution in [0.15, 0.2) is 5.16 Å². The minimum atomic E-state index is -0.00519. The van der Waals surface area contributed by atoms with Gasteiger partial charge in [-0.15, -0.1) is 0 Å². The summed E-state index contributed by atoms with van der Waals surface area (Å²) in [5.41, 5.74) is 0.405. The Morgan fingerprint density at radius 3 is 2.46 bits per heavy atom. The van der Waals surface area contributed by atoms with Crippen molar-refractivity contribution in [2.24, 2.45) is 11.1 Å². The highest BCUT2D eigenvalue weighted by Crippen LogP contribution is 2.25. The molecule has 0 aromatic rings. The molecule has 0 aromatic carbocycles. The maximum Gasteiger partial charge on any atom is 0.180 e. The summed E-state index contributed by atoms with van der Waals surface area (Å²) in [5, 5.41) is 11.9. The molecule has 3 heteroatoms. The minimum absolute atomic E-state index is 0.00519. The predicted octanol–water partition coefficient (Wildman–Crippen LogP) is 2.38. The molecule has 0 radical (unpaired) electrons. The van der Waals surface area contributed by atoms with Crippen LogP contribution >= 0.6 is 0 Å². The van der Waals surface area contributed by atoms with Gasteiger partial charge >= 0.3 is 0 Å². The number of hydrogen-bond acceptors (Lipinski definition) is 3. The van der Waals surface area contributed by atoms with E-state index in [1.807, 2.05) is 0 Å². The first-order valence-corrected chi connectivity index (χ1v) is 5.04. The Hall–Kier alpha value is -0.860. The third kappa shape index (κ3) is 2.54. The van der Waals surface area contributed by atoms with Gasteiger partial charge in [0.15, 0.2) is 5.78 Å². The summed E-state index contributed by atoms with van der Waals surface area (Å²) < 4.78 is 0. The van der Waals surface area contributed by atoms with Crippen LogP contribution in [0.4, 0.5) is 0 Å². The molecular formula is C10H17NO2. The topological polar surface area (TPSA) is 49.7 Å². The van der Waals surface area contributed by atoms with Crippen LogP contribution in [0.5, 0.6) is 0 Å². The molecule has 1 fully saturated rings. The van der Waals surface area contributed by atoms with E-state index in [1.54, 1.807) is 6.92 Å². The van der Waals surface area contributed by atoms with Crippen LogP contribution in [0.2, 0.25) is 0 Å². The standard InChI is InChI=1S/C10H17NO2/c1-2-9(12)10(11-13)8-6-4-3-5-7-8/h8,13H,2-7H2,1H3/b11-10+. The summed E-state index contributed by atoms with van der Waals surface area (Å²) in [5.74, 6) is 0.209. The van der Waals surface area contributed by atoms with Crippen LogP contribution < -0.4 is 0 Å². The van der Waals surface area contributed by atoms with Crippen LogP contribution in [0.3, 0.4) is 0 Å². The van der Waals surface area contributed by atoms with Crippen molar-refractivity contribution in [1.29, 1.82) is 0 Å². The molecule has 0 amide bonds. The first-order valence-electron chi connectivity index (χ1n) is 5.04. The van der Waals surface area contributed by atoms with Gasteiger partial charge in [0.05, 0.1) is 0 Å². The molecule has 1 aliphatic carbocycles. The molecule has 0 unspecified atom stereocenters. The van der Waals surface area contributed by atoms with E-state index in [4.69, 9.17) is 5.21 Å². The summed E-state index contributed by atoms with van der Waals surface area (Å²) in [6, 6.07) is 0. The Morgan fingerprint density at radius 1 is 1.38 bits per heavy atom. The van der Waals surface area contributed by atoms with Crippen molar-refractivity contribution in [2.45, 2.75) is 45.4 Å². The number of hydrogen-bond donors (Lipinski definition) is 1. The van der Waals surface area contributed by atoms with Gasteiger partial charge in [-0.25, -0.2) is 0 Å². The molecule has 0 aromatic heterocycles. The van der Waals surface area contributed by atoms with Gasteiger partial charge in [0.1, 0.15) is 5.71 Å². The highest BCUT2D eigenvalue weighted by Gasteiger charge is 2.23. The molecule has 3 nitrogen and oxygen atoms in total. The van der Waals surface area contributed by atoms with E-state index in [0.29, 0.717) is 12.1 Å². The quantitative estimate of drug-likeness (QED) is 0.415. The third-order valence-electron chi connectivity index (χ3n) is 2.71. The lowest BCUT2D eigenvalue weighted by atomic mass is 9.84. The van der Waals surface area contributed by atoms with Gasteiger partial charge in [-0.1, -0.05) is 31.3 Å². The Morgan fingerprint density at radius 2 is 2.00 bits per heavy atom. The lowest BCUT2D eigenvalue weighted by Crippen LogP contribution is -2.25. The number of ketones is 1. The molecule has 1 aliphatic rings. The van der Waals surface area contributed by atoms with Crippen LogP contribution in [0, 0.1) is 5.92 Å². The summed E-state index contributed by atoms with van der Waals surface area (Å²) in [6.45, 7) is 1.80. The highest BCUT2D eigenvalue weighted by atomic mass is 16.4. The van der Waals surface area contributed by atoms with Gasteiger partial charge in [0, 0.05) is 12.3 Å². The zero-order valence-corrected chi connectivity index (χ0v) is 8.12. The molecule has 0 atom stereocenters. The molecule has 0 heterocycles. The zero-order valence-electron chi connectivity index (χ0n) is 8.12. The number of oxime groups is 1. The first-order chi connectivity index (χ1) is 6.29. The number of carbonyl (C=O) groups is 1. The smallest absolute Gasteiger partial charge is 0.180 e. The zero-order chi connectivity index (χ0) is 9.68. The van der Waals surface area contributed by atoms with E-state index in [0.717, 1.165) is 25.7 Å². The predicted molar refractivity (Wildman–Crippen MR) is 51.1 cm³/mol. The molecule has 0 bridgehead atoms. The average molecular weight is 183 g/mol. The summed E-state index contributed by atoms with van der Waals surface area (Å²) in [7, 11) is 0. The van der Waals surface area contributed by atoms with Gasteiger partial charge < -0.3 is 5.21 Å². The number of nitrogens with zero attached hydrogens (tertiary/aromatic N) is 1. The molecule has 1 rings (SSSR count). The Bertz CT molecular complexity index is 205. The van der Waals surface area contributed by atoms with Crippen molar-refractivity contribution >= 4 is 11.5 Å². The Labute approximate surface area is 78.8 Å². The monoisotopic (exact) mass is 183 g/mol. The molecular weight excluding hydrogens is 166 g/mol. The fourth-order valence-electron chi connectivity index (χ4n) is 1.92. The third-order valence-corrected chi connectivity index (χ3v) is 2.71. The minimum Gasteiger partial charge on any atom is -0.411 e. The van der Waals surface area contributed by atoms with Crippen molar-refractivity contribution < 1.29 is 10.0 Å². The van der Waals surface area contributed by atoms with Crippen molar-refractivity contribution in [2.75, 3.05) is 0 Å². The maximum atomic E-state index is 11.4. The summed E-state index contributed by atoms with van der Waals surface area (Å²) in [6.07, 6.45) is 6.00. The van der Waals surface area contributed by atoms with Gasteiger partial charge in [-0.3, -0.25) is 4.79 Å². The van der Waals surface area contributed by atoms with E-state index in [9.17, 15) is 4.79 Å². The number of Topliss-reactive ketones (excluding diaryl/α,β-unsaturated/α-hetero) is 1. The maximum absolute atomic E-state index is 11.4. The van der Waals surface area contributed by atoms with E-state index < -0.39 is 0 Å². The first kappa shape index (κ1) is 10.2. The normalized spacial score (nSPS) is 20.2. The van der Waals surface area contributed by atoms with Gasteiger partial charge in [-0.05, 0) is 12.8 Å². The number of carbonyl (C=O) groups excluding carboxylic acids is 1. The van der Waals surface area contributed by atoms with Crippen molar-refractivity contribution in [3.05, 3.63) is 0 Å². The summed E-state index contributed by atoms with van der Waals surface area (Å²) >= 11 is 0. The van der Waals surface area contributed by atoms with E-state index in [2.05, 4.69) is 5.16 Å². The molecule has 1 N–H and O–H groups in total. The van der Waals surface area contributed by atoms with Crippen molar-refractivity contribution in [3.8, 4) is 0 Å². The van der Waals surface area contributed by atoms with Crippen LogP contribution in [-0.4, -0.2) is 16.7 Å². The highest BCUT2D eigenvalue weighted by molar-refractivity contribution is 6.40. The summed E-state index contributed by atoms with van der Waals surface area (Å²) in [4.78, 5) is 11.4. The van der Waals surface area contributed by atoms with Crippen molar-refractivity contribution in [3.63, 3.8) is 0 Å².